The molecule has 0 N–H and O–H groups in total. The Morgan fingerprint density at radius 2 is 2.11 bits per heavy atom. The summed E-state index contributed by atoms with van der Waals surface area (Å²) in [6.07, 6.45) is 5.93. The largest absolute Gasteiger partial charge is 0.354 e. The molecule has 1 aliphatic heterocycles. The van der Waals surface area contributed by atoms with Crippen LogP contribution in [0.5, 0.6) is 0 Å². The number of nitro groups is 1. The highest BCUT2D eigenvalue weighted by Gasteiger charge is 2.23. The smallest absolute Gasteiger partial charge is 0.270 e. The van der Waals surface area contributed by atoms with Gasteiger partial charge in [-0.15, -0.1) is 0 Å². The molecule has 1 aromatic carbocycles. The van der Waals surface area contributed by atoms with Crippen LogP contribution < -0.4 is 4.90 Å². The minimum atomic E-state index is -0.403. The van der Waals surface area contributed by atoms with Crippen molar-refractivity contribution in [3.8, 4) is 11.4 Å². The first-order valence-electron chi connectivity index (χ1n) is 8.95. The van der Waals surface area contributed by atoms with Crippen LogP contribution in [0.1, 0.15) is 24.6 Å². The van der Waals surface area contributed by atoms with Gasteiger partial charge in [0.05, 0.1) is 11.0 Å². The minimum Gasteiger partial charge on any atom is -0.354 e. The number of benzene rings is 1. The number of nitrogens with zero attached hydrogens (tertiary/aromatic N) is 6. The van der Waals surface area contributed by atoms with Gasteiger partial charge in [0, 0.05) is 54.9 Å². The van der Waals surface area contributed by atoms with E-state index < -0.39 is 4.92 Å². The zero-order valence-electron chi connectivity index (χ0n) is 15.0. The Morgan fingerprint density at radius 3 is 2.89 bits per heavy atom. The summed E-state index contributed by atoms with van der Waals surface area (Å²) in [4.78, 5) is 22.1. The molecule has 2 aromatic heterocycles. The monoisotopic (exact) mass is 364 g/mol. The molecule has 3 heterocycles. The molecule has 1 unspecified atom stereocenters. The van der Waals surface area contributed by atoms with Gasteiger partial charge < -0.3 is 4.90 Å². The Hall–Kier alpha value is -3.29. The third kappa shape index (κ3) is 3.64. The molecule has 0 radical (unpaired) electrons. The topological polar surface area (TPSA) is 90.0 Å². The fourth-order valence-electron chi connectivity index (χ4n) is 3.48. The summed E-state index contributed by atoms with van der Waals surface area (Å²) in [7, 11) is 0. The lowest BCUT2D eigenvalue weighted by atomic mass is 10.1. The van der Waals surface area contributed by atoms with Crippen LogP contribution in [0, 0.1) is 17.0 Å². The molecule has 0 aliphatic carbocycles. The lowest BCUT2D eigenvalue weighted by Gasteiger charge is -2.33. The second-order valence-corrected chi connectivity index (χ2v) is 6.73. The molecule has 0 amide bonds. The first-order valence-corrected chi connectivity index (χ1v) is 8.95. The molecule has 8 heteroatoms. The van der Waals surface area contributed by atoms with Crippen LogP contribution in [0.25, 0.3) is 11.4 Å². The van der Waals surface area contributed by atoms with Gasteiger partial charge in [-0.2, -0.15) is 5.10 Å². The van der Waals surface area contributed by atoms with E-state index >= 15 is 0 Å². The number of aryl methyl sites for hydroxylation is 1. The predicted octanol–water partition coefficient (Wildman–Crippen LogP) is 3.40. The molecule has 1 aliphatic rings. The van der Waals surface area contributed by atoms with Crippen molar-refractivity contribution in [2.75, 3.05) is 18.0 Å². The molecular weight excluding hydrogens is 344 g/mol. The number of hydrogen-bond donors (Lipinski definition) is 0. The average Bonchev–Trinajstić information content (AvgIpc) is 3.22. The number of rotatable bonds is 4. The van der Waals surface area contributed by atoms with Crippen molar-refractivity contribution >= 4 is 11.5 Å². The first kappa shape index (κ1) is 17.1. The summed E-state index contributed by atoms with van der Waals surface area (Å²) >= 11 is 0. The molecule has 0 bridgehead atoms. The van der Waals surface area contributed by atoms with E-state index in [4.69, 9.17) is 4.98 Å². The highest BCUT2D eigenvalue weighted by molar-refractivity contribution is 5.61. The molecule has 0 spiro atoms. The Labute approximate surface area is 156 Å². The molecule has 27 heavy (non-hydrogen) atoms. The number of non-ortho nitro benzene ring substituents is 1. The minimum absolute atomic E-state index is 0.0378. The standard InChI is InChI=1S/C19H20N6O2/c1-14-11-18(23-9-3-7-17(13-23)24-10-4-8-20-24)22-19(21-14)15-5-2-6-16(12-15)25(26)27/h2,4-6,8,10-12,17H,3,7,9,13H2,1H3. The van der Waals surface area contributed by atoms with Gasteiger partial charge >= 0.3 is 0 Å². The van der Waals surface area contributed by atoms with Crippen LogP contribution in [0.3, 0.4) is 0 Å². The predicted molar refractivity (Wildman–Crippen MR) is 102 cm³/mol. The lowest BCUT2D eigenvalue weighted by Crippen LogP contribution is -2.37. The molecule has 1 fully saturated rings. The summed E-state index contributed by atoms with van der Waals surface area (Å²) < 4.78 is 2.00. The van der Waals surface area contributed by atoms with Gasteiger partial charge in [0.15, 0.2) is 5.82 Å². The van der Waals surface area contributed by atoms with E-state index in [9.17, 15) is 10.1 Å². The van der Waals surface area contributed by atoms with Crippen molar-refractivity contribution in [3.05, 3.63) is 64.6 Å². The fourth-order valence-corrected chi connectivity index (χ4v) is 3.48. The van der Waals surface area contributed by atoms with Crippen molar-refractivity contribution in [3.63, 3.8) is 0 Å². The molecular formula is C19H20N6O2. The van der Waals surface area contributed by atoms with E-state index in [-0.39, 0.29) is 5.69 Å². The number of hydrogen-bond acceptors (Lipinski definition) is 6. The van der Waals surface area contributed by atoms with Gasteiger partial charge in [-0.3, -0.25) is 14.8 Å². The van der Waals surface area contributed by atoms with Crippen LogP contribution >= 0.6 is 0 Å². The molecule has 8 nitrogen and oxygen atoms in total. The Balaban J connectivity index is 1.64. The maximum absolute atomic E-state index is 11.1. The van der Waals surface area contributed by atoms with Crippen molar-refractivity contribution in [2.24, 2.45) is 0 Å². The second kappa shape index (κ2) is 7.14. The van der Waals surface area contributed by atoms with Gasteiger partial charge in [-0.25, -0.2) is 9.97 Å². The number of nitro benzene ring substituents is 1. The van der Waals surface area contributed by atoms with Crippen molar-refractivity contribution in [1.82, 2.24) is 19.7 Å². The van der Waals surface area contributed by atoms with Gasteiger partial charge in [-0.05, 0) is 25.8 Å². The molecule has 3 aromatic rings. The number of piperidine rings is 1. The zero-order chi connectivity index (χ0) is 18.8. The van der Waals surface area contributed by atoms with Crippen LogP contribution in [-0.4, -0.2) is 37.8 Å². The van der Waals surface area contributed by atoms with Crippen LogP contribution in [0.15, 0.2) is 48.8 Å². The maximum Gasteiger partial charge on any atom is 0.270 e. The SMILES string of the molecule is Cc1cc(N2CCCC(n3cccn3)C2)nc(-c2cccc([N+](=O)[O-])c2)n1. The summed E-state index contributed by atoms with van der Waals surface area (Å²) in [6, 6.07) is 10.7. The highest BCUT2D eigenvalue weighted by Crippen LogP contribution is 2.27. The van der Waals surface area contributed by atoms with Crippen LogP contribution in [0.4, 0.5) is 11.5 Å². The Kier molecular flexibility index (Phi) is 4.53. The summed E-state index contributed by atoms with van der Waals surface area (Å²) in [5.41, 5.74) is 1.52. The molecule has 4 rings (SSSR count). The molecule has 0 saturated carbocycles. The Morgan fingerprint density at radius 1 is 1.22 bits per heavy atom. The van der Waals surface area contributed by atoms with Crippen LogP contribution in [-0.2, 0) is 0 Å². The summed E-state index contributed by atoms with van der Waals surface area (Å²) in [6.45, 7) is 3.66. The fraction of sp³-hybridized carbons (Fsp3) is 0.316. The lowest BCUT2D eigenvalue weighted by molar-refractivity contribution is -0.384. The maximum atomic E-state index is 11.1. The van der Waals surface area contributed by atoms with Gasteiger partial charge in [0.25, 0.3) is 5.69 Å². The van der Waals surface area contributed by atoms with Gasteiger partial charge in [-0.1, -0.05) is 12.1 Å². The Bertz CT molecular complexity index is 957. The molecule has 1 saturated heterocycles. The third-order valence-corrected chi connectivity index (χ3v) is 4.78. The van der Waals surface area contributed by atoms with E-state index in [1.54, 1.807) is 18.3 Å². The van der Waals surface area contributed by atoms with E-state index in [1.807, 2.05) is 29.9 Å². The number of anilines is 1. The van der Waals surface area contributed by atoms with E-state index in [2.05, 4.69) is 15.0 Å². The normalized spacial score (nSPS) is 17.1. The zero-order valence-corrected chi connectivity index (χ0v) is 15.0. The second-order valence-electron chi connectivity index (χ2n) is 6.73. The van der Waals surface area contributed by atoms with Crippen molar-refractivity contribution < 1.29 is 4.92 Å². The summed E-state index contributed by atoms with van der Waals surface area (Å²) in [5, 5.41) is 15.4. The van der Waals surface area contributed by atoms with Gasteiger partial charge in [0.1, 0.15) is 5.82 Å². The molecule has 138 valence electrons. The van der Waals surface area contributed by atoms with E-state index in [0.29, 0.717) is 17.4 Å². The summed E-state index contributed by atoms with van der Waals surface area (Å²) in [5.74, 6) is 1.36. The first-order chi connectivity index (χ1) is 13.1. The number of aromatic nitrogens is 4. The van der Waals surface area contributed by atoms with Crippen LogP contribution in [0.2, 0.25) is 0 Å². The molecule has 1 atom stereocenters. The van der Waals surface area contributed by atoms with Crippen molar-refractivity contribution in [2.45, 2.75) is 25.8 Å². The quantitative estimate of drug-likeness (QED) is 0.521. The third-order valence-electron chi connectivity index (χ3n) is 4.78. The van der Waals surface area contributed by atoms with Gasteiger partial charge in [0.2, 0.25) is 0 Å². The van der Waals surface area contributed by atoms with E-state index in [0.717, 1.165) is 37.4 Å². The average molecular weight is 364 g/mol. The van der Waals surface area contributed by atoms with Crippen molar-refractivity contribution in [1.29, 1.82) is 0 Å². The highest BCUT2D eigenvalue weighted by atomic mass is 16.6. The van der Waals surface area contributed by atoms with E-state index in [1.165, 1.54) is 12.1 Å².